The van der Waals surface area contributed by atoms with Crippen LogP contribution in [0.2, 0.25) is 0 Å². The first-order chi connectivity index (χ1) is 14.5. The highest BCUT2D eigenvalue weighted by Crippen LogP contribution is 2.62. The zero-order valence-corrected chi connectivity index (χ0v) is 18.1. The van der Waals surface area contributed by atoms with Crippen LogP contribution >= 0.6 is 7.29 Å². The minimum Gasteiger partial charge on any atom is -0.469 e. The fourth-order valence-electron chi connectivity index (χ4n) is 4.20. The topological polar surface area (TPSA) is 55.4 Å². The highest BCUT2D eigenvalue weighted by molar-refractivity contribution is 7.76. The van der Waals surface area contributed by atoms with Gasteiger partial charge in [-0.05, 0) is 36.2 Å². The lowest BCUT2D eigenvalue weighted by Gasteiger charge is -2.32. The van der Waals surface area contributed by atoms with E-state index < -0.39 is 7.29 Å². The van der Waals surface area contributed by atoms with E-state index in [0.29, 0.717) is 6.42 Å². The molecule has 1 aliphatic carbocycles. The Hall–Kier alpha value is -2.68. The molecule has 0 spiro atoms. The molecule has 0 heterocycles. The molecule has 30 heavy (non-hydrogen) atoms. The zero-order chi connectivity index (χ0) is 21.2. The van der Waals surface area contributed by atoms with E-state index in [1.54, 1.807) is 0 Å². The van der Waals surface area contributed by atoms with Crippen LogP contribution in [0.15, 0.2) is 91.0 Å². The van der Waals surface area contributed by atoms with Crippen molar-refractivity contribution in [1.29, 1.82) is 0 Å². The third-order valence-electron chi connectivity index (χ3n) is 6.11. The summed E-state index contributed by atoms with van der Waals surface area (Å²) in [6, 6.07) is 28.7. The Bertz CT molecular complexity index is 1010. The molecule has 3 atom stereocenters. The molecular formula is C25H26NO3P. The molecule has 1 saturated carbocycles. The first-order valence-electron chi connectivity index (χ1n) is 10.1. The van der Waals surface area contributed by atoms with E-state index in [2.05, 4.69) is 12.0 Å². The first-order valence-corrected chi connectivity index (χ1v) is 11.8. The minimum absolute atomic E-state index is 0.213. The Morgan fingerprint density at radius 2 is 1.40 bits per heavy atom. The van der Waals surface area contributed by atoms with Crippen molar-refractivity contribution in [2.24, 2.45) is 11.3 Å². The number of esters is 1. The Kier molecular flexibility index (Phi) is 5.64. The van der Waals surface area contributed by atoms with Crippen molar-refractivity contribution in [2.45, 2.75) is 19.4 Å². The molecule has 0 bridgehead atoms. The van der Waals surface area contributed by atoms with Gasteiger partial charge < -0.3 is 4.74 Å². The van der Waals surface area contributed by atoms with Gasteiger partial charge in [-0.3, -0.25) is 14.4 Å². The SMILES string of the molecule is COC(=O)[C@@H]1C[C@@]1(C)[C@@H](NP(=O)(c1ccccc1)c1ccccc1)c1ccccc1. The standard InChI is InChI=1S/C25H26NO3P/c1-25(18-22(25)24(27)29-2)23(19-12-6-3-7-13-19)26-30(28,20-14-8-4-9-15-20)21-16-10-5-11-17-21/h3-17,22-23H,18H2,1-2H3,(H,26,28)/t22-,23-,25+/m0/s1. The summed E-state index contributed by atoms with van der Waals surface area (Å²) in [6.45, 7) is 2.07. The van der Waals surface area contributed by atoms with Crippen LogP contribution in [0.3, 0.4) is 0 Å². The van der Waals surface area contributed by atoms with Crippen molar-refractivity contribution in [3.05, 3.63) is 96.6 Å². The predicted octanol–water partition coefficient (Wildman–Crippen LogP) is 4.45. The normalized spacial score (nSPS) is 21.6. The van der Waals surface area contributed by atoms with Crippen molar-refractivity contribution < 1.29 is 14.1 Å². The molecule has 1 fully saturated rings. The first kappa shape index (κ1) is 20.6. The van der Waals surface area contributed by atoms with Gasteiger partial charge in [0.05, 0.1) is 13.0 Å². The largest absolute Gasteiger partial charge is 0.469 e. The molecule has 5 heteroatoms. The van der Waals surface area contributed by atoms with Crippen molar-refractivity contribution >= 4 is 23.9 Å². The third kappa shape index (κ3) is 3.74. The molecule has 0 unspecified atom stereocenters. The number of carbonyl (C=O) groups excluding carboxylic acids is 1. The summed E-state index contributed by atoms with van der Waals surface area (Å²) in [5.74, 6) is -0.435. The van der Waals surface area contributed by atoms with Crippen LogP contribution in [0.4, 0.5) is 0 Å². The molecule has 4 nitrogen and oxygen atoms in total. The maximum Gasteiger partial charge on any atom is 0.309 e. The van der Waals surface area contributed by atoms with Crippen molar-refractivity contribution in [3.63, 3.8) is 0 Å². The Labute approximate surface area is 177 Å². The molecule has 3 aromatic carbocycles. The quantitative estimate of drug-likeness (QED) is 0.454. The second-order valence-electron chi connectivity index (χ2n) is 8.04. The smallest absolute Gasteiger partial charge is 0.309 e. The van der Waals surface area contributed by atoms with Gasteiger partial charge >= 0.3 is 5.97 Å². The number of hydrogen-bond donors (Lipinski definition) is 1. The Morgan fingerprint density at radius 3 is 1.87 bits per heavy atom. The lowest BCUT2D eigenvalue weighted by Crippen LogP contribution is -2.35. The molecule has 3 aromatic rings. The highest BCUT2D eigenvalue weighted by Gasteiger charge is 2.61. The average molecular weight is 419 g/mol. The van der Waals surface area contributed by atoms with Gasteiger partial charge in [0, 0.05) is 22.1 Å². The van der Waals surface area contributed by atoms with Crippen LogP contribution in [-0.2, 0) is 14.1 Å². The molecule has 1 N–H and O–H groups in total. The van der Waals surface area contributed by atoms with Gasteiger partial charge in [-0.25, -0.2) is 0 Å². The van der Waals surface area contributed by atoms with Crippen molar-refractivity contribution in [1.82, 2.24) is 5.09 Å². The van der Waals surface area contributed by atoms with E-state index in [1.807, 2.05) is 91.0 Å². The Balaban J connectivity index is 1.81. The number of benzene rings is 3. The fourth-order valence-corrected chi connectivity index (χ4v) is 6.79. The molecule has 0 radical (unpaired) electrons. The summed E-state index contributed by atoms with van der Waals surface area (Å²) in [7, 11) is -1.75. The van der Waals surface area contributed by atoms with E-state index >= 15 is 0 Å². The lowest BCUT2D eigenvalue weighted by atomic mass is 9.90. The van der Waals surface area contributed by atoms with Crippen molar-refractivity contribution in [3.8, 4) is 0 Å². The van der Waals surface area contributed by atoms with Gasteiger partial charge in [0.1, 0.15) is 0 Å². The van der Waals surface area contributed by atoms with E-state index in [1.165, 1.54) is 7.11 Å². The number of nitrogens with one attached hydrogen (secondary N) is 1. The number of methoxy groups -OCH3 is 1. The lowest BCUT2D eigenvalue weighted by molar-refractivity contribution is -0.143. The average Bonchev–Trinajstić information content (AvgIpc) is 3.51. The summed E-state index contributed by atoms with van der Waals surface area (Å²) in [4.78, 5) is 12.3. The van der Waals surface area contributed by atoms with E-state index in [4.69, 9.17) is 4.74 Å². The summed E-state index contributed by atoms with van der Waals surface area (Å²) in [5, 5.41) is 5.03. The second-order valence-corrected chi connectivity index (χ2v) is 10.5. The van der Waals surface area contributed by atoms with Gasteiger partial charge in [-0.2, -0.15) is 0 Å². The summed E-state index contributed by atoms with van der Waals surface area (Å²) >= 11 is 0. The molecule has 0 aromatic heterocycles. The van der Waals surface area contributed by atoms with Gasteiger partial charge in [0.2, 0.25) is 7.29 Å². The number of hydrogen-bond acceptors (Lipinski definition) is 3. The summed E-state index contributed by atoms with van der Waals surface area (Å²) in [6.07, 6.45) is 0.690. The molecule has 0 amide bonds. The van der Waals surface area contributed by atoms with Crippen LogP contribution < -0.4 is 15.7 Å². The predicted molar refractivity (Wildman–Crippen MR) is 120 cm³/mol. The van der Waals surface area contributed by atoms with Gasteiger partial charge in [-0.1, -0.05) is 73.7 Å². The second kappa shape index (κ2) is 8.22. The van der Waals surface area contributed by atoms with Gasteiger partial charge in [0.15, 0.2) is 0 Å². The molecule has 1 aliphatic rings. The molecule has 0 aliphatic heterocycles. The monoisotopic (exact) mass is 419 g/mol. The number of ether oxygens (including phenoxy) is 1. The summed E-state index contributed by atoms with van der Waals surface area (Å²) < 4.78 is 19.6. The maximum absolute atomic E-state index is 14.6. The molecule has 154 valence electrons. The minimum atomic E-state index is -3.17. The third-order valence-corrected chi connectivity index (χ3v) is 8.78. The van der Waals surface area contributed by atoms with Crippen LogP contribution in [0.1, 0.15) is 24.9 Å². The summed E-state index contributed by atoms with van der Waals surface area (Å²) in [5.41, 5.74) is 0.631. The van der Waals surface area contributed by atoms with Crippen LogP contribution in [0.25, 0.3) is 0 Å². The number of rotatable bonds is 7. The fraction of sp³-hybridized carbons (Fsp3) is 0.240. The van der Waals surface area contributed by atoms with Crippen molar-refractivity contribution in [2.75, 3.05) is 7.11 Å². The van der Waals surface area contributed by atoms with E-state index in [0.717, 1.165) is 16.2 Å². The molecule has 0 saturated heterocycles. The molecule has 4 rings (SSSR count). The van der Waals surface area contributed by atoms with E-state index in [9.17, 15) is 9.36 Å². The van der Waals surface area contributed by atoms with Crippen LogP contribution in [-0.4, -0.2) is 13.1 Å². The number of carbonyl (C=O) groups is 1. The van der Waals surface area contributed by atoms with Crippen LogP contribution in [0.5, 0.6) is 0 Å². The Morgan fingerprint density at radius 1 is 0.933 bits per heavy atom. The maximum atomic E-state index is 14.6. The molecular weight excluding hydrogens is 393 g/mol. The van der Waals surface area contributed by atoms with Gasteiger partial charge in [0.25, 0.3) is 0 Å². The van der Waals surface area contributed by atoms with Crippen LogP contribution in [0, 0.1) is 11.3 Å². The van der Waals surface area contributed by atoms with Gasteiger partial charge in [-0.15, -0.1) is 0 Å². The zero-order valence-electron chi connectivity index (χ0n) is 17.2. The van der Waals surface area contributed by atoms with E-state index in [-0.39, 0.29) is 23.3 Å². The highest BCUT2D eigenvalue weighted by atomic mass is 31.2.